The summed E-state index contributed by atoms with van der Waals surface area (Å²) in [5.74, 6) is 0.118. The SMILES string of the molecule is CNC(=O)Nc1ccc2nc(O[C@H]3O[C@H](CCP(O)O)[C@@H](O)[C@H](O)[C@@H]3O)ccc2c1. The number of rotatable bonds is 6. The first kappa shape index (κ1) is 22.6. The van der Waals surface area contributed by atoms with Gasteiger partial charge in [0.05, 0.1) is 11.6 Å². The molecule has 5 atom stereocenters. The van der Waals surface area contributed by atoms with Gasteiger partial charge in [0.2, 0.25) is 12.2 Å². The van der Waals surface area contributed by atoms with Crippen molar-refractivity contribution in [3.8, 4) is 5.88 Å². The van der Waals surface area contributed by atoms with Crippen LogP contribution < -0.4 is 15.4 Å². The van der Waals surface area contributed by atoms with Gasteiger partial charge in [0.15, 0.2) is 8.38 Å². The fraction of sp³-hybridized carbons (Fsp3) is 0.444. The Hall–Kier alpha value is -2.11. The lowest BCUT2D eigenvalue weighted by Crippen LogP contribution is -2.59. The van der Waals surface area contributed by atoms with Crippen LogP contribution in [-0.2, 0) is 4.74 Å². The van der Waals surface area contributed by atoms with Crippen LogP contribution in [0.2, 0.25) is 0 Å². The number of anilines is 1. The Bertz CT molecular complexity index is 886. The van der Waals surface area contributed by atoms with E-state index in [1.165, 1.54) is 13.1 Å². The van der Waals surface area contributed by atoms with Crippen molar-refractivity contribution in [1.82, 2.24) is 10.3 Å². The first-order valence-electron chi connectivity index (χ1n) is 9.19. The molecule has 0 spiro atoms. The summed E-state index contributed by atoms with van der Waals surface area (Å²) < 4.78 is 11.1. The summed E-state index contributed by atoms with van der Waals surface area (Å²) >= 11 is 0. The number of aliphatic hydroxyl groups is 3. The van der Waals surface area contributed by atoms with Crippen molar-refractivity contribution in [3.05, 3.63) is 30.3 Å². The number of hydrogen-bond acceptors (Lipinski definition) is 9. The molecular weight excluding hydrogens is 417 g/mol. The number of ether oxygens (including phenoxy) is 2. The highest BCUT2D eigenvalue weighted by Gasteiger charge is 2.45. The third-order valence-corrected chi connectivity index (χ3v) is 5.33. The van der Waals surface area contributed by atoms with E-state index in [4.69, 9.17) is 19.3 Å². The maximum atomic E-state index is 11.4. The Morgan fingerprint density at radius 1 is 1.17 bits per heavy atom. The molecule has 3 rings (SSSR count). The molecule has 1 saturated heterocycles. The maximum Gasteiger partial charge on any atom is 0.318 e. The van der Waals surface area contributed by atoms with E-state index in [1.807, 2.05) is 0 Å². The molecule has 11 nitrogen and oxygen atoms in total. The average Bonchev–Trinajstić information content (AvgIpc) is 2.73. The zero-order valence-corrected chi connectivity index (χ0v) is 16.9. The largest absolute Gasteiger partial charge is 0.445 e. The van der Waals surface area contributed by atoms with Crippen molar-refractivity contribution >= 4 is 31.0 Å². The zero-order chi connectivity index (χ0) is 21.8. The quantitative estimate of drug-likeness (QED) is 0.301. The average molecular weight is 441 g/mol. The number of urea groups is 1. The predicted octanol–water partition coefficient (Wildman–Crippen LogP) is -0.141. The van der Waals surface area contributed by atoms with Crippen LogP contribution in [0.4, 0.5) is 10.5 Å². The number of hydrogen-bond donors (Lipinski definition) is 7. The minimum atomic E-state index is -2.18. The Morgan fingerprint density at radius 2 is 1.93 bits per heavy atom. The molecule has 1 aromatic carbocycles. The fourth-order valence-corrected chi connectivity index (χ4v) is 3.54. The van der Waals surface area contributed by atoms with Crippen LogP contribution in [-0.4, -0.2) is 80.0 Å². The van der Waals surface area contributed by atoms with Crippen LogP contribution in [0.5, 0.6) is 5.88 Å². The highest BCUT2D eigenvalue weighted by molar-refractivity contribution is 7.45. The molecule has 30 heavy (non-hydrogen) atoms. The van der Waals surface area contributed by atoms with Gasteiger partial charge >= 0.3 is 6.03 Å². The number of carbonyl (C=O) groups is 1. The Morgan fingerprint density at radius 3 is 2.63 bits per heavy atom. The molecule has 0 unspecified atom stereocenters. The molecule has 164 valence electrons. The molecule has 2 amide bonds. The Balaban J connectivity index is 1.73. The van der Waals surface area contributed by atoms with Gasteiger partial charge in [-0.25, -0.2) is 9.78 Å². The maximum absolute atomic E-state index is 11.4. The van der Waals surface area contributed by atoms with Crippen LogP contribution in [0.3, 0.4) is 0 Å². The van der Waals surface area contributed by atoms with Gasteiger partial charge in [-0.2, -0.15) is 0 Å². The first-order chi connectivity index (χ1) is 14.3. The minimum absolute atomic E-state index is 0.0206. The molecule has 1 fully saturated rings. The molecule has 12 heteroatoms. The standard InChI is InChI=1S/C18H24N3O8P/c1-19-18(25)20-10-3-4-11-9(8-10)2-5-13(21-11)29-17-16(24)15(23)14(22)12(28-17)6-7-30(26)27/h2-5,8,12,14-17,22-24,26-27H,6-7H2,1H3,(H2,19,20,25)/t12-,14-,15+,16+,17-/m1/s1. The molecule has 0 aliphatic carbocycles. The lowest BCUT2D eigenvalue weighted by atomic mass is 9.97. The number of nitrogens with one attached hydrogen (secondary N) is 2. The number of fused-ring (bicyclic) bond motifs is 1. The van der Waals surface area contributed by atoms with Crippen LogP contribution >= 0.6 is 8.38 Å². The molecule has 2 aromatic rings. The van der Waals surface area contributed by atoms with E-state index in [-0.39, 0.29) is 24.5 Å². The highest BCUT2D eigenvalue weighted by Crippen LogP contribution is 2.30. The van der Waals surface area contributed by atoms with Crippen molar-refractivity contribution in [1.29, 1.82) is 0 Å². The summed E-state index contributed by atoms with van der Waals surface area (Å²) in [7, 11) is -0.670. The van der Waals surface area contributed by atoms with E-state index in [0.29, 0.717) is 11.2 Å². The number of aliphatic hydroxyl groups excluding tert-OH is 3. The second-order valence-corrected chi connectivity index (χ2v) is 7.97. The summed E-state index contributed by atoms with van der Waals surface area (Å²) in [5, 5.41) is 36.2. The van der Waals surface area contributed by atoms with Crippen LogP contribution in [0.15, 0.2) is 30.3 Å². The lowest BCUT2D eigenvalue weighted by Gasteiger charge is -2.40. The minimum Gasteiger partial charge on any atom is -0.445 e. The second-order valence-electron chi connectivity index (χ2n) is 6.78. The van der Waals surface area contributed by atoms with E-state index in [1.54, 1.807) is 24.3 Å². The van der Waals surface area contributed by atoms with Crippen molar-refractivity contribution < 1.29 is 39.4 Å². The van der Waals surface area contributed by atoms with E-state index >= 15 is 0 Å². The monoisotopic (exact) mass is 441 g/mol. The van der Waals surface area contributed by atoms with E-state index < -0.39 is 39.1 Å². The predicted molar refractivity (Wildman–Crippen MR) is 108 cm³/mol. The normalized spacial score (nSPS) is 26.6. The molecular formula is C18H24N3O8P. The van der Waals surface area contributed by atoms with Crippen LogP contribution in [0, 0.1) is 0 Å². The first-order valence-corrected chi connectivity index (χ1v) is 10.6. The molecule has 1 aliphatic heterocycles. The molecule has 2 heterocycles. The second kappa shape index (κ2) is 9.80. The Labute approximate surface area is 173 Å². The smallest absolute Gasteiger partial charge is 0.318 e. The molecule has 0 radical (unpaired) electrons. The van der Waals surface area contributed by atoms with Gasteiger partial charge in [0, 0.05) is 30.3 Å². The summed E-state index contributed by atoms with van der Waals surface area (Å²) in [4.78, 5) is 33.9. The van der Waals surface area contributed by atoms with Gasteiger partial charge in [-0.05, 0) is 30.7 Å². The number of aromatic nitrogens is 1. The van der Waals surface area contributed by atoms with Gasteiger partial charge in [-0.3, -0.25) is 0 Å². The van der Waals surface area contributed by atoms with E-state index in [9.17, 15) is 20.1 Å². The van der Waals surface area contributed by atoms with Gasteiger partial charge < -0.3 is 45.2 Å². The van der Waals surface area contributed by atoms with E-state index in [2.05, 4.69) is 15.6 Å². The fourth-order valence-electron chi connectivity index (χ4n) is 3.06. The summed E-state index contributed by atoms with van der Waals surface area (Å²) in [6.45, 7) is 0. The van der Waals surface area contributed by atoms with Crippen molar-refractivity contribution in [3.63, 3.8) is 0 Å². The third kappa shape index (κ3) is 5.32. The number of amides is 2. The molecule has 1 aromatic heterocycles. The zero-order valence-electron chi connectivity index (χ0n) is 16.0. The molecule has 7 N–H and O–H groups in total. The van der Waals surface area contributed by atoms with Crippen LogP contribution in [0.1, 0.15) is 6.42 Å². The van der Waals surface area contributed by atoms with E-state index in [0.717, 1.165) is 5.39 Å². The number of carbonyl (C=O) groups excluding carboxylic acids is 1. The molecule has 0 saturated carbocycles. The number of pyridine rings is 1. The lowest BCUT2D eigenvalue weighted by molar-refractivity contribution is -0.273. The van der Waals surface area contributed by atoms with Gasteiger partial charge in [0.1, 0.15) is 18.3 Å². The summed E-state index contributed by atoms with van der Waals surface area (Å²) in [6, 6.07) is 7.96. The molecule has 1 aliphatic rings. The van der Waals surface area contributed by atoms with Crippen LogP contribution in [0.25, 0.3) is 10.9 Å². The summed E-state index contributed by atoms with van der Waals surface area (Å²) in [5.41, 5.74) is 1.14. The number of nitrogens with zero attached hydrogens (tertiary/aromatic N) is 1. The highest BCUT2D eigenvalue weighted by atomic mass is 31.2. The topological polar surface area (TPSA) is 174 Å². The van der Waals surface area contributed by atoms with Crippen molar-refractivity contribution in [2.75, 3.05) is 18.5 Å². The van der Waals surface area contributed by atoms with Gasteiger partial charge in [-0.15, -0.1) is 0 Å². The number of benzene rings is 1. The van der Waals surface area contributed by atoms with Crippen molar-refractivity contribution in [2.45, 2.75) is 37.1 Å². The summed E-state index contributed by atoms with van der Waals surface area (Å²) in [6.07, 6.45) is -6.67. The van der Waals surface area contributed by atoms with Gasteiger partial charge in [-0.1, -0.05) is 0 Å². The molecule has 0 bridgehead atoms. The van der Waals surface area contributed by atoms with Gasteiger partial charge in [0.25, 0.3) is 0 Å². The van der Waals surface area contributed by atoms with Crippen molar-refractivity contribution in [2.24, 2.45) is 0 Å². The Kier molecular flexibility index (Phi) is 7.37. The third-order valence-electron chi connectivity index (χ3n) is 4.67.